The van der Waals surface area contributed by atoms with Gasteiger partial charge in [-0.15, -0.1) is 0 Å². The van der Waals surface area contributed by atoms with Crippen molar-refractivity contribution in [3.05, 3.63) is 28.3 Å². The van der Waals surface area contributed by atoms with E-state index in [0.29, 0.717) is 16.8 Å². The highest BCUT2D eigenvalue weighted by atomic mass is 35.5. The summed E-state index contributed by atoms with van der Waals surface area (Å²) in [6.45, 7) is 3.61. The SMILES string of the molecule is CCOC(=O)CC(O)C(O)c1ccc(N)c(C)c1Cl. The Morgan fingerprint density at radius 1 is 1.47 bits per heavy atom. The Labute approximate surface area is 116 Å². The molecule has 1 rings (SSSR count). The van der Waals surface area contributed by atoms with E-state index < -0.39 is 18.2 Å². The van der Waals surface area contributed by atoms with Gasteiger partial charge in [0.2, 0.25) is 0 Å². The van der Waals surface area contributed by atoms with Crippen molar-refractivity contribution < 1.29 is 19.7 Å². The van der Waals surface area contributed by atoms with Gasteiger partial charge in [0.05, 0.1) is 24.2 Å². The number of aliphatic hydroxyl groups excluding tert-OH is 2. The molecule has 0 spiro atoms. The zero-order chi connectivity index (χ0) is 14.6. The van der Waals surface area contributed by atoms with Gasteiger partial charge in [-0.25, -0.2) is 0 Å². The van der Waals surface area contributed by atoms with Crippen LogP contribution in [0.1, 0.15) is 30.6 Å². The van der Waals surface area contributed by atoms with Crippen LogP contribution in [0.5, 0.6) is 0 Å². The van der Waals surface area contributed by atoms with E-state index in [1.807, 2.05) is 0 Å². The Balaban J connectivity index is 2.85. The number of hydrogen-bond donors (Lipinski definition) is 3. The number of hydrogen-bond acceptors (Lipinski definition) is 5. The number of esters is 1. The second-order valence-corrected chi connectivity index (χ2v) is 4.58. The molecular weight excluding hydrogens is 270 g/mol. The summed E-state index contributed by atoms with van der Waals surface area (Å²) in [6.07, 6.45) is -2.84. The highest BCUT2D eigenvalue weighted by molar-refractivity contribution is 6.32. The van der Waals surface area contributed by atoms with Crippen molar-refractivity contribution >= 4 is 23.3 Å². The van der Waals surface area contributed by atoms with Crippen LogP contribution < -0.4 is 5.73 Å². The van der Waals surface area contributed by atoms with Crippen LogP contribution >= 0.6 is 11.6 Å². The van der Waals surface area contributed by atoms with Crippen molar-refractivity contribution in [2.75, 3.05) is 12.3 Å². The van der Waals surface area contributed by atoms with Crippen LogP contribution in [0.15, 0.2) is 12.1 Å². The van der Waals surface area contributed by atoms with Crippen LogP contribution in [0.4, 0.5) is 5.69 Å². The summed E-state index contributed by atoms with van der Waals surface area (Å²) < 4.78 is 4.71. The van der Waals surface area contributed by atoms with Crippen molar-refractivity contribution in [3.8, 4) is 0 Å². The number of halogens is 1. The normalized spacial score (nSPS) is 13.9. The molecule has 2 atom stereocenters. The third kappa shape index (κ3) is 3.83. The molecule has 0 aliphatic rings. The number of aliphatic hydroxyl groups is 2. The molecule has 0 aliphatic heterocycles. The molecule has 0 amide bonds. The lowest BCUT2D eigenvalue weighted by atomic mass is 9.99. The number of anilines is 1. The molecule has 0 aromatic heterocycles. The summed E-state index contributed by atoms with van der Waals surface area (Å²) in [5.41, 5.74) is 7.15. The molecule has 0 fully saturated rings. The van der Waals surface area contributed by atoms with Gasteiger partial charge in [-0.1, -0.05) is 17.7 Å². The monoisotopic (exact) mass is 287 g/mol. The lowest BCUT2D eigenvalue weighted by molar-refractivity contribution is -0.147. The van der Waals surface area contributed by atoms with E-state index in [9.17, 15) is 15.0 Å². The maximum Gasteiger partial charge on any atom is 0.308 e. The second kappa shape index (κ2) is 6.75. The summed E-state index contributed by atoms with van der Waals surface area (Å²) >= 11 is 6.07. The van der Waals surface area contributed by atoms with Crippen LogP contribution in [-0.2, 0) is 9.53 Å². The van der Waals surface area contributed by atoms with E-state index in [4.69, 9.17) is 22.1 Å². The Bertz CT molecular complexity index is 464. The van der Waals surface area contributed by atoms with Crippen molar-refractivity contribution in [2.45, 2.75) is 32.5 Å². The van der Waals surface area contributed by atoms with Gasteiger partial charge < -0.3 is 20.7 Å². The predicted octanol–water partition coefficient (Wildman–Crippen LogP) is 1.58. The lowest BCUT2D eigenvalue weighted by Crippen LogP contribution is -2.23. The first-order valence-corrected chi connectivity index (χ1v) is 6.32. The summed E-state index contributed by atoms with van der Waals surface area (Å²) in [4.78, 5) is 11.2. The first-order chi connectivity index (χ1) is 8.88. The number of carbonyl (C=O) groups is 1. The third-order valence-corrected chi connectivity index (χ3v) is 3.32. The molecule has 4 N–H and O–H groups in total. The van der Waals surface area contributed by atoms with E-state index in [1.165, 1.54) is 6.07 Å². The largest absolute Gasteiger partial charge is 0.466 e. The van der Waals surface area contributed by atoms with Crippen LogP contribution in [0.3, 0.4) is 0 Å². The van der Waals surface area contributed by atoms with E-state index >= 15 is 0 Å². The van der Waals surface area contributed by atoms with Gasteiger partial charge in [-0.3, -0.25) is 4.79 Å². The molecule has 0 saturated heterocycles. The van der Waals surface area contributed by atoms with Crippen molar-refractivity contribution in [1.82, 2.24) is 0 Å². The summed E-state index contributed by atoms with van der Waals surface area (Å²) in [7, 11) is 0. The maximum absolute atomic E-state index is 11.2. The zero-order valence-electron chi connectivity index (χ0n) is 10.9. The number of rotatable bonds is 5. The minimum absolute atomic E-state index is 0.226. The molecule has 0 aliphatic carbocycles. The standard InChI is InChI=1S/C13H18ClNO4/c1-3-19-11(17)6-10(16)13(18)8-4-5-9(15)7(2)12(8)14/h4-5,10,13,16,18H,3,6,15H2,1-2H3. The quantitative estimate of drug-likeness (QED) is 0.565. The molecule has 0 radical (unpaired) electrons. The van der Waals surface area contributed by atoms with E-state index in [1.54, 1.807) is 19.9 Å². The Kier molecular flexibility index (Phi) is 5.60. The van der Waals surface area contributed by atoms with Crippen molar-refractivity contribution in [2.24, 2.45) is 0 Å². The molecule has 1 aromatic rings. The van der Waals surface area contributed by atoms with Gasteiger partial charge in [-0.2, -0.15) is 0 Å². The molecule has 1 aromatic carbocycles. The Hall–Kier alpha value is -1.30. The topological polar surface area (TPSA) is 92.8 Å². The molecule has 106 valence electrons. The van der Waals surface area contributed by atoms with E-state index in [2.05, 4.69) is 0 Å². The minimum atomic E-state index is -1.28. The molecule has 0 saturated carbocycles. The van der Waals surface area contributed by atoms with Gasteiger partial charge in [0.25, 0.3) is 0 Å². The lowest BCUT2D eigenvalue weighted by Gasteiger charge is -2.20. The van der Waals surface area contributed by atoms with Gasteiger partial charge >= 0.3 is 5.97 Å². The van der Waals surface area contributed by atoms with Gasteiger partial charge in [0.1, 0.15) is 6.10 Å². The van der Waals surface area contributed by atoms with Gasteiger partial charge in [0.15, 0.2) is 0 Å². The average molecular weight is 288 g/mol. The number of benzene rings is 1. The number of nitrogen functional groups attached to an aromatic ring is 1. The second-order valence-electron chi connectivity index (χ2n) is 4.20. The predicted molar refractivity (Wildman–Crippen MR) is 72.8 cm³/mol. The zero-order valence-corrected chi connectivity index (χ0v) is 11.6. The molecule has 19 heavy (non-hydrogen) atoms. The fourth-order valence-corrected chi connectivity index (χ4v) is 1.94. The molecule has 5 nitrogen and oxygen atoms in total. The van der Waals surface area contributed by atoms with Crippen molar-refractivity contribution in [3.63, 3.8) is 0 Å². The summed E-state index contributed by atoms with van der Waals surface area (Å²) in [5, 5.41) is 20.1. The number of nitrogens with two attached hydrogens (primary N) is 1. The maximum atomic E-state index is 11.2. The van der Waals surface area contributed by atoms with Gasteiger partial charge in [-0.05, 0) is 25.5 Å². The molecule has 0 heterocycles. The van der Waals surface area contributed by atoms with Crippen molar-refractivity contribution in [1.29, 1.82) is 0 Å². The van der Waals surface area contributed by atoms with Crippen LogP contribution in [-0.4, -0.2) is 28.9 Å². The highest BCUT2D eigenvalue weighted by Gasteiger charge is 2.24. The average Bonchev–Trinajstić information content (AvgIpc) is 2.35. The number of carbonyl (C=O) groups excluding carboxylic acids is 1. The fraction of sp³-hybridized carbons (Fsp3) is 0.462. The Morgan fingerprint density at radius 3 is 2.68 bits per heavy atom. The number of ether oxygens (including phenoxy) is 1. The highest BCUT2D eigenvalue weighted by Crippen LogP contribution is 2.32. The van der Waals surface area contributed by atoms with Crippen LogP contribution in [0.25, 0.3) is 0 Å². The molecule has 0 bridgehead atoms. The van der Waals surface area contributed by atoms with E-state index in [-0.39, 0.29) is 18.1 Å². The smallest absolute Gasteiger partial charge is 0.308 e. The minimum Gasteiger partial charge on any atom is -0.466 e. The van der Waals surface area contributed by atoms with Crippen LogP contribution in [0, 0.1) is 6.92 Å². The molecule has 6 heteroatoms. The summed E-state index contributed by atoms with van der Waals surface area (Å²) in [6, 6.07) is 3.13. The third-order valence-electron chi connectivity index (χ3n) is 2.82. The molecular formula is C13H18ClNO4. The molecule has 2 unspecified atom stereocenters. The van der Waals surface area contributed by atoms with E-state index in [0.717, 1.165) is 0 Å². The Morgan fingerprint density at radius 2 is 2.11 bits per heavy atom. The fourth-order valence-electron chi connectivity index (χ4n) is 1.66. The van der Waals surface area contributed by atoms with Crippen LogP contribution in [0.2, 0.25) is 5.02 Å². The first kappa shape index (κ1) is 15.8. The van der Waals surface area contributed by atoms with Gasteiger partial charge in [0, 0.05) is 11.3 Å². The first-order valence-electron chi connectivity index (χ1n) is 5.94. The summed E-state index contributed by atoms with van der Waals surface area (Å²) in [5.74, 6) is -0.572.